The van der Waals surface area contributed by atoms with Crippen molar-refractivity contribution in [3.05, 3.63) is 136 Å². The second-order valence-corrected chi connectivity index (χ2v) is 12.3. The number of halogens is 4. The molecule has 1 heterocycles. The van der Waals surface area contributed by atoms with Gasteiger partial charge in [0.05, 0.1) is 16.8 Å². The van der Waals surface area contributed by atoms with Crippen molar-refractivity contribution in [1.29, 1.82) is 0 Å². The van der Waals surface area contributed by atoms with Crippen molar-refractivity contribution in [1.82, 2.24) is 15.1 Å². The van der Waals surface area contributed by atoms with Crippen LogP contribution in [0.3, 0.4) is 0 Å². The summed E-state index contributed by atoms with van der Waals surface area (Å²) >= 11 is 6.93. The van der Waals surface area contributed by atoms with Crippen molar-refractivity contribution in [2.24, 2.45) is 11.7 Å². The largest absolute Gasteiger partial charge is 0.435 e. The fourth-order valence-corrected chi connectivity index (χ4v) is 6.43. The molecule has 6 aromatic rings. The minimum Gasteiger partial charge on any atom is -0.326 e. The highest BCUT2D eigenvalue weighted by Gasteiger charge is 2.36. The molecule has 1 aliphatic rings. The van der Waals surface area contributed by atoms with Crippen molar-refractivity contribution in [2.45, 2.75) is 31.6 Å². The third kappa shape index (κ3) is 6.22. The number of fused-ring (bicyclic) bond motifs is 2. The molecule has 0 spiro atoms. The normalized spacial score (nSPS) is 14.1. The second kappa shape index (κ2) is 12.5. The number of benzene rings is 5. The molecule has 47 heavy (non-hydrogen) atoms. The second-order valence-electron chi connectivity index (χ2n) is 11.9. The van der Waals surface area contributed by atoms with Gasteiger partial charge in [-0.25, -0.2) is 4.68 Å². The first kappa shape index (κ1) is 30.9. The number of aromatic nitrogens is 2. The van der Waals surface area contributed by atoms with Crippen molar-refractivity contribution in [2.75, 3.05) is 11.9 Å². The number of rotatable bonds is 9. The molecule has 1 fully saturated rings. The number of carbonyl (C=O) groups is 1. The van der Waals surface area contributed by atoms with E-state index in [1.165, 1.54) is 12.8 Å². The maximum absolute atomic E-state index is 13.8. The van der Waals surface area contributed by atoms with E-state index in [4.69, 9.17) is 17.3 Å². The van der Waals surface area contributed by atoms with Gasteiger partial charge < -0.3 is 16.4 Å². The number of hydrogen-bond acceptors (Lipinski definition) is 4. The highest BCUT2D eigenvalue weighted by atomic mass is 35.5. The van der Waals surface area contributed by atoms with Gasteiger partial charge in [-0.05, 0) is 77.0 Å². The fourth-order valence-electron chi connectivity index (χ4n) is 6.10. The summed E-state index contributed by atoms with van der Waals surface area (Å²) in [4.78, 5) is 13.7. The van der Waals surface area contributed by atoms with Crippen LogP contribution in [0.4, 0.5) is 18.9 Å². The molecular weight excluding hydrogens is 623 g/mol. The maximum Gasteiger partial charge on any atom is 0.435 e. The van der Waals surface area contributed by atoms with Crippen LogP contribution in [-0.4, -0.2) is 22.2 Å². The van der Waals surface area contributed by atoms with Crippen LogP contribution in [0.25, 0.3) is 27.2 Å². The molecule has 0 saturated heterocycles. The first-order valence-electron chi connectivity index (χ1n) is 15.4. The molecule has 1 aromatic heterocycles. The molecule has 0 radical (unpaired) electrons. The van der Waals surface area contributed by atoms with E-state index in [2.05, 4.69) is 27.9 Å². The molecule has 238 valence electrons. The molecule has 0 aliphatic heterocycles. The highest BCUT2D eigenvalue weighted by molar-refractivity contribution is 6.41. The van der Waals surface area contributed by atoms with E-state index >= 15 is 0 Å². The van der Waals surface area contributed by atoms with Gasteiger partial charge in [0.25, 0.3) is 5.91 Å². The lowest BCUT2D eigenvalue weighted by Gasteiger charge is -2.25. The number of amides is 1. The first-order chi connectivity index (χ1) is 22.7. The molecule has 0 bridgehead atoms. The van der Waals surface area contributed by atoms with Gasteiger partial charge in [0.15, 0.2) is 5.69 Å². The van der Waals surface area contributed by atoms with Crippen LogP contribution in [0, 0.1) is 5.92 Å². The third-order valence-corrected chi connectivity index (χ3v) is 9.01. The van der Waals surface area contributed by atoms with Crippen LogP contribution in [0.1, 0.15) is 51.8 Å². The Morgan fingerprint density at radius 3 is 2.19 bits per heavy atom. The Morgan fingerprint density at radius 2 is 1.55 bits per heavy atom. The maximum atomic E-state index is 13.8. The number of nitrogens with two attached hydrogens (primary N) is 1. The Bertz CT molecular complexity index is 2060. The highest BCUT2D eigenvalue weighted by Crippen LogP contribution is 2.41. The van der Waals surface area contributed by atoms with E-state index in [-0.39, 0.29) is 18.3 Å². The molecular formula is C37H31ClF3N5O. The zero-order chi connectivity index (χ0) is 32.7. The summed E-state index contributed by atoms with van der Waals surface area (Å²) in [5.74, 6) is -0.140. The van der Waals surface area contributed by atoms with Crippen LogP contribution >= 0.6 is 11.6 Å². The Labute approximate surface area is 274 Å². The molecule has 1 amide bonds. The summed E-state index contributed by atoms with van der Waals surface area (Å²) in [6.07, 6.45) is -2.41. The Kier molecular flexibility index (Phi) is 8.21. The van der Waals surface area contributed by atoms with Crippen LogP contribution in [0.2, 0.25) is 5.02 Å². The number of anilines is 1. The monoisotopic (exact) mass is 653 g/mol. The average Bonchev–Trinajstić information content (AvgIpc) is 3.79. The molecule has 1 atom stereocenters. The van der Waals surface area contributed by atoms with Crippen LogP contribution in [0.5, 0.6) is 0 Å². The topological polar surface area (TPSA) is 85.0 Å². The quantitative estimate of drug-likeness (QED) is 0.136. The van der Waals surface area contributed by atoms with Gasteiger partial charge in [-0.1, -0.05) is 84.4 Å². The van der Waals surface area contributed by atoms with Gasteiger partial charge in [-0.15, -0.1) is 0 Å². The summed E-state index contributed by atoms with van der Waals surface area (Å²) < 4.78 is 42.3. The van der Waals surface area contributed by atoms with Gasteiger partial charge in [-0.3, -0.25) is 4.79 Å². The molecule has 10 heteroatoms. The fraction of sp³-hybridized carbons (Fsp3) is 0.189. The molecule has 1 aliphatic carbocycles. The molecule has 4 N–H and O–H groups in total. The van der Waals surface area contributed by atoms with Gasteiger partial charge in [0.2, 0.25) is 0 Å². The lowest BCUT2D eigenvalue weighted by molar-refractivity contribution is -0.141. The number of hydrogen-bond donors (Lipinski definition) is 3. The van der Waals surface area contributed by atoms with Crippen molar-refractivity contribution in [3.8, 4) is 5.69 Å². The molecule has 6 nitrogen and oxygen atoms in total. The van der Waals surface area contributed by atoms with E-state index in [1.54, 1.807) is 30.3 Å². The van der Waals surface area contributed by atoms with Crippen molar-refractivity contribution in [3.63, 3.8) is 0 Å². The predicted molar refractivity (Wildman–Crippen MR) is 180 cm³/mol. The summed E-state index contributed by atoms with van der Waals surface area (Å²) in [5.41, 5.74) is 7.72. The standard InChI is InChI=1S/C37H31ClF3N5O/c38-34-29-13-3-1-11-27(29)33(28-12-2-4-14-30(28)34)35(43-21-22-15-16-22)24-8-6-9-25(18-24)44-36(47)31-19-32(37(39,40)41)45-46(31)26-10-5-7-23(17-26)20-42/h1-14,17-19,22,35,43H,15-16,20-21,42H2,(H,44,47). The summed E-state index contributed by atoms with van der Waals surface area (Å²) in [6, 6.07) is 30.6. The van der Waals surface area contributed by atoms with E-state index in [1.807, 2.05) is 54.6 Å². The predicted octanol–water partition coefficient (Wildman–Crippen LogP) is 8.65. The number of nitrogens with one attached hydrogen (secondary N) is 2. The molecule has 1 unspecified atom stereocenters. The minimum absolute atomic E-state index is 0.184. The van der Waals surface area contributed by atoms with Gasteiger partial charge in [0.1, 0.15) is 5.69 Å². The van der Waals surface area contributed by atoms with E-state index in [0.717, 1.165) is 50.0 Å². The SMILES string of the molecule is NCc1cccc(-n2nc(C(F)(F)F)cc2C(=O)Nc2cccc(C(NCC3CC3)c3c4ccccc4c(Cl)c4ccccc34)c2)c1. The van der Waals surface area contributed by atoms with Gasteiger partial charge in [0, 0.05) is 29.1 Å². The van der Waals surface area contributed by atoms with Crippen LogP contribution in [0.15, 0.2) is 103 Å². The van der Waals surface area contributed by atoms with E-state index in [9.17, 15) is 18.0 Å². The Balaban J connectivity index is 1.29. The zero-order valence-electron chi connectivity index (χ0n) is 25.2. The lowest BCUT2D eigenvalue weighted by Crippen LogP contribution is -2.25. The van der Waals surface area contributed by atoms with Crippen molar-refractivity contribution < 1.29 is 18.0 Å². The lowest BCUT2D eigenvalue weighted by atomic mass is 9.88. The van der Waals surface area contributed by atoms with Gasteiger partial charge >= 0.3 is 6.18 Å². The van der Waals surface area contributed by atoms with Crippen LogP contribution in [-0.2, 0) is 12.7 Å². The molecule has 5 aromatic carbocycles. The summed E-state index contributed by atoms with van der Waals surface area (Å²) in [6.45, 7) is 0.998. The third-order valence-electron chi connectivity index (χ3n) is 8.60. The number of carbonyl (C=O) groups excluding carboxylic acids is 1. The minimum atomic E-state index is -4.74. The molecule has 7 rings (SSSR count). The Hall–Kier alpha value is -4.70. The van der Waals surface area contributed by atoms with Gasteiger partial charge in [-0.2, -0.15) is 18.3 Å². The van der Waals surface area contributed by atoms with E-state index < -0.39 is 17.8 Å². The zero-order valence-corrected chi connectivity index (χ0v) is 25.9. The molecule has 1 saturated carbocycles. The van der Waals surface area contributed by atoms with Crippen LogP contribution < -0.4 is 16.4 Å². The number of nitrogens with zero attached hydrogens (tertiary/aromatic N) is 2. The van der Waals surface area contributed by atoms with Crippen molar-refractivity contribution >= 4 is 44.7 Å². The first-order valence-corrected chi connectivity index (χ1v) is 15.8. The average molecular weight is 654 g/mol. The number of alkyl halides is 3. The summed E-state index contributed by atoms with van der Waals surface area (Å²) in [5, 5.41) is 15.0. The summed E-state index contributed by atoms with van der Waals surface area (Å²) in [7, 11) is 0. The Morgan fingerprint density at radius 1 is 0.894 bits per heavy atom. The van der Waals surface area contributed by atoms with E-state index in [0.29, 0.717) is 27.9 Å². The smallest absolute Gasteiger partial charge is 0.326 e.